The summed E-state index contributed by atoms with van der Waals surface area (Å²) in [6, 6.07) is 18.3. The highest BCUT2D eigenvalue weighted by Gasteiger charge is 2.20. The molecule has 0 atom stereocenters. The van der Waals surface area contributed by atoms with Gasteiger partial charge >= 0.3 is 0 Å². The monoisotopic (exact) mass is 424 g/mol. The van der Waals surface area contributed by atoms with Crippen LogP contribution in [-0.2, 0) is 0 Å². The molecule has 0 heteroatoms. The smallest absolute Gasteiger partial charge is 0.00155 e. The molecule has 0 amide bonds. The Balaban J connectivity index is 0.000000437. The topological polar surface area (TPSA) is 0 Å². The zero-order valence-electron chi connectivity index (χ0n) is 21.6. The number of benzene rings is 5. The predicted molar refractivity (Wildman–Crippen MR) is 148 cm³/mol. The fraction of sp³-hybridized carbons (Fsp3) is 0.375. The molecule has 0 spiro atoms. The molecule has 0 nitrogen and oxygen atoms in total. The van der Waals surface area contributed by atoms with Crippen molar-refractivity contribution in [3.8, 4) is 0 Å². The summed E-state index contributed by atoms with van der Waals surface area (Å²) in [6.45, 7) is 20.0. The van der Waals surface area contributed by atoms with Gasteiger partial charge in [-0.2, -0.15) is 0 Å². The highest BCUT2D eigenvalue weighted by Crippen LogP contribution is 2.46. The maximum absolute atomic E-state index is 2.43. The van der Waals surface area contributed by atoms with Crippen LogP contribution in [0.15, 0.2) is 48.5 Å². The van der Waals surface area contributed by atoms with E-state index in [4.69, 9.17) is 0 Å². The van der Waals surface area contributed by atoms with Crippen molar-refractivity contribution in [2.75, 3.05) is 0 Å². The first-order valence-corrected chi connectivity index (χ1v) is 12.4. The Hall–Kier alpha value is -2.60. The molecular formula is C32H40. The van der Waals surface area contributed by atoms with Crippen molar-refractivity contribution in [3.63, 3.8) is 0 Å². The van der Waals surface area contributed by atoms with E-state index >= 15 is 0 Å². The number of fused-ring (bicyclic) bond motifs is 2. The lowest BCUT2D eigenvalue weighted by atomic mass is 9.81. The van der Waals surface area contributed by atoms with E-state index in [0.29, 0.717) is 5.92 Å². The molecule has 0 saturated carbocycles. The van der Waals surface area contributed by atoms with Gasteiger partial charge in [-0.15, -0.1) is 0 Å². The molecule has 0 heterocycles. The third kappa shape index (κ3) is 3.96. The number of hydrogen-bond donors (Lipinski definition) is 0. The molecule has 0 radical (unpaired) electrons. The largest absolute Gasteiger partial charge is 0.0656 e. The summed E-state index contributed by atoms with van der Waals surface area (Å²) in [5.41, 5.74) is 5.65. The second-order valence-electron chi connectivity index (χ2n) is 9.57. The van der Waals surface area contributed by atoms with Crippen LogP contribution in [0.3, 0.4) is 0 Å². The predicted octanol–water partition coefficient (Wildman–Crippen LogP) is 10.6. The molecule has 5 rings (SSSR count). The molecule has 0 N–H and O–H groups in total. The van der Waals surface area contributed by atoms with E-state index in [0.717, 1.165) is 0 Å². The van der Waals surface area contributed by atoms with Crippen LogP contribution in [0.1, 0.15) is 82.6 Å². The number of rotatable bonds is 1. The van der Waals surface area contributed by atoms with Crippen molar-refractivity contribution in [1.29, 1.82) is 0 Å². The van der Waals surface area contributed by atoms with Crippen molar-refractivity contribution < 1.29 is 0 Å². The van der Waals surface area contributed by atoms with Crippen LogP contribution in [0, 0.1) is 20.8 Å². The van der Waals surface area contributed by atoms with Gasteiger partial charge in [-0.1, -0.05) is 103 Å². The van der Waals surface area contributed by atoms with Gasteiger partial charge in [0.25, 0.3) is 0 Å². The third-order valence-corrected chi connectivity index (χ3v) is 6.09. The summed E-state index contributed by atoms with van der Waals surface area (Å²) >= 11 is 0. The summed E-state index contributed by atoms with van der Waals surface area (Å²) in [6.07, 6.45) is 2.50. The average Bonchev–Trinajstić information content (AvgIpc) is 2.74. The molecule has 0 unspecified atom stereocenters. The van der Waals surface area contributed by atoms with E-state index in [1.54, 1.807) is 0 Å². The maximum atomic E-state index is 2.43. The van der Waals surface area contributed by atoms with E-state index in [2.05, 4.69) is 111 Å². The molecule has 0 aromatic heterocycles. The van der Waals surface area contributed by atoms with Crippen LogP contribution in [0.25, 0.3) is 43.1 Å². The lowest BCUT2D eigenvalue weighted by Gasteiger charge is -2.22. The van der Waals surface area contributed by atoms with Gasteiger partial charge in [-0.25, -0.2) is 0 Å². The van der Waals surface area contributed by atoms with E-state index < -0.39 is 0 Å². The summed E-state index contributed by atoms with van der Waals surface area (Å²) in [5, 5.41) is 11.4. The van der Waals surface area contributed by atoms with Crippen molar-refractivity contribution in [2.45, 2.75) is 81.1 Å². The van der Waals surface area contributed by atoms with Crippen molar-refractivity contribution in [2.24, 2.45) is 0 Å². The highest BCUT2D eigenvalue weighted by atomic mass is 14.2. The van der Waals surface area contributed by atoms with Crippen molar-refractivity contribution in [1.82, 2.24) is 0 Å². The summed E-state index contributed by atoms with van der Waals surface area (Å²) < 4.78 is 0. The first kappa shape index (κ1) is 24.1. The van der Waals surface area contributed by atoms with Crippen LogP contribution in [0.2, 0.25) is 0 Å². The number of hydrogen-bond acceptors (Lipinski definition) is 0. The molecule has 0 aliphatic rings. The van der Waals surface area contributed by atoms with Crippen molar-refractivity contribution in [3.05, 3.63) is 70.8 Å². The Morgan fingerprint density at radius 2 is 1.03 bits per heavy atom. The van der Waals surface area contributed by atoms with E-state index in [1.807, 2.05) is 0 Å². The first-order valence-electron chi connectivity index (χ1n) is 12.4. The fourth-order valence-corrected chi connectivity index (χ4v) is 5.12. The second kappa shape index (κ2) is 9.90. The fourth-order valence-electron chi connectivity index (χ4n) is 5.12. The van der Waals surface area contributed by atoms with Gasteiger partial charge in [0.15, 0.2) is 0 Å². The van der Waals surface area contributed by atoms with Crippen LogP contribution >= 0.6 is 0 Å². The van der Waals surface area contributed by atoms with Gasteiger partial charge < -0.3 is 0 Å². The van der Waals surface area contributed by atoms with Crippen molar-refractivity contribution >= 4 is 43.1 Å². The van der Waals surface area contributed by atoms with Gasteiger partial charge in [-0.05, 0) is 92.0 Å². The van der Waals surface area contributed by atoms with Gasteiger partial charge in [0, 0.05) is 0 Å². The maximum Gasteiger partial charge on any atom is -0.00155 e. The molecule has 32 heavy (non-hydrogen) atoms. The molecule has 0 aliphatic carbocycles. The summed E-state index contributed by atoms with van der Waals surface area (Å²) in [5.74, 6) is 0.502. The molecule has 0 saturated heterocycles. The highest BCUT2D eigenvalue weighted by molar-refractivity contribution is 6.34. The minimum Gasteiger partial charge on any atom is -0.0656 e. The molecular weight excluding hydrogens is 384 g/mol. The molecule has 168 valence electrons. The third-order valence-electron chi connectivity index (χ3n) is 6.09. The lowest BCUT2D eigenvalue weighted by Crippen LogP contribution is -1.98. The minimum atomic E-state index is 0.502. The Morgan fingerprint density at radius 1 is 0.562 bits per heavy atom. The number of aryl methyl sites for hydroxylation is 3. The van der Waals surface area contributed by atoms with Gasteiger partial charge in [0.2, 0.25) is 0 Å². The molecule has 5 aromatic rings. The SMILES string of the molecule is CCC.CCC.Cc1cc(C)c2c3cccc4cccc(c5c(C(C)C)cc(C)c1c25)c43. The Kier molecular flexibility index (Phi) is 7.44. The minimum absolute atomic E-state index is 0.502. The van der Waals surface area contributed by atoms with Gasteiger partial charge in [0.1, 0.15) is 0 Å². The summed E-state index contributed by atoms with van der Waals surface area (Å²) in [7, 11) is 0. The van der Waals surface area contributed by atoms with Crippen LogP contribution in [0.5, 0.6) is 0 Å². The standard InChI is InChI=1S/C26H24.2C3H8/c1-14(2)21-13-17(5)22-15(3)12-16(4)23-19-10-6-8-18-9-7-11-20(24(18)19)25(21)26(22)23;2*1-3-2/h6-14H,1-5H3;2*3H2,1-2H3. The van der Waals surface area contributed by atoms with E-state index in [-0.39, 0.29) is 0 Å². The quantitative estimate of drug-likeness (QED) is 0.185. The zero-order chi connectivity index (χ0) is 23.6. The second-order valence-corrected chi connectivity index (χ2v) is 9.57. The van der Waals surface area contributed by atoms with Crippen LogP contribution < -0.4 is 0 Å². The zero-order valence-corrected chi connectivity index (χ0v) is 21.6. The molecule has 5 aromatic carbocycles. The normalized spacial score (nSPS) is 11.2. The Labute approximate surface area is 195 Å². The Bertz CT molecular complexity index is 1340. The van der Waals surface area contributed by atoms with Crippen LogP contribution in [0.4, 0.5) is 0 Å². The molecule has 0 aliphatic heterocycles. The van der Waals surface area contributed by atoms with Crippen LogP contribution in [-0.4, -0.2) is 0 Å². The van der Waals surface area contributed by atoms with Gasteiger partial charge in [-0.3, -0.25) is 0 Å². The Morgan fingerprint density at radius 3 is 1.56 bits per heavy atom. The summed E-state index contributed by atoms with van der Waals surface area (Å²) in [4.78, 5) is 0. The van der Waals surface area contributed by atoms with E-state index in [9.17, 15) is 0 Å². The lowest BCUT2D eigenvalue weighted by molar-refractivity contribution is 0.876. The first-order chi connectivity index (χ1) is 15.3. The van der Waals surface area contributed by atoms with Gasteiger partial charge in [0.05, 0.1) is 0 Å². The molecule has 0 bridgehead atoms. The average molecular weight is 425 g/mol. The van der Waals surface area contributed by atoms with E-state index in [1.165, 1.54) is 78.2 Å². The molecule has 0 fully saturated rings.